The molecule has 0 aliphatic carbocycles. The Balaban J connectivity index is 1.95. The zero-order chi connectivity index (χ0) is 15.9. The number of rotatable bonds is 8. The van der Waals surface area contributed by atoms with Gasteiger partial charge in [0, 0.05) is 32.5 Å². The SMILES string of the molecule is C=CCOc1c(CNCC(O)c2ccncc2)c(C)nn1C. The summed E-state index contributed by atoms with van der Waals surface area (Å²) in [5.41, 5.74) is 2.74. The van der Waals surface area contributed by atoms with Crippen LogP contribution >= 0.6 is 0 Å². The highest BCUT2D eigenvalue weighted by Gasteiger charge is 2.15. The Morgan fingerprint density at radius 3 is 2.86 bits per heavy atom. The Bertz CT molecular complexity index is 610. The highest BCUT2D eigenvalue weighted by Crippen LogP contribution is 2.21. The van der Waals surface area contributed by atoms with Gasteiger partial charge in [0.2, 0.25) is 5.88 Å². The minimum Gasteiger partial charge on any atom is -0.473 e. The number of ether oxygens (including phenoxy) is 1. The third kappa shape index (κ3) is 3.93. The third-order valence-electron chi connectivity index (χ3n) is 3.36. The summed E-state index contributed by atoms with van der Waals surface area (Å²) in [4.78, 5) is 3.94. The second-order valence-corrected chi connectivity index (χ2v) is 5.02. The molecule has 6 heteroatoms. The zero-order valence-electron chi connectivity index (χ0n) is 13.0. The van der Waals surface area contributed by atoms with Gasteiger partial charge in [-0.25, -0.2) is 4.68 Å². The van der Waals surface area contributed by atoms with Gasteiger partial charge in [-0.2, -0.15) is 5.10 Å². The van der Waals surface area contributed by atoms with E-state index >= 15 is 0 Å². The predicted octanol–water partition coefficient (Wildman–Crippen LogP) is 1.51. The smallest absolute Gasteiger partial charge is 0.216 e. The van der Waals surface area contributed by atoms with Crippen LogP contribution in [0.2, 0.25) is 0 Å². The van der Waals surface area contributed by atoms with Crippen LogP contribution < -0.4 is 10.1 Å². The fraction of sp³-hybridized carbons (Fsp3) is 0.375. The lowest BCUT2D eigenvalue weighted by atomic mass is 10.1. The minimum absolute atomic E-state index is 0.436. The molecule has 2 N–H and O–H groups in total. The summed E-state index contributed by atoms with van der Waals surface area (Å²) in [7, 11) is 1.85. The predicted molar refractivity (Wildman–Crippen MR) is 84.5 cm³/mol. The average molecular weight is 302 g/mol. The summed E-state index contributed by atoms with van der Waals surface area (Å²) in [6.45, 7) is 7.05. The van der Waals surface area contributed by atoms with Crippen LogP contribution in [0.4, 0.5) is 0 Å². The maximum absolute atomic E-state index is 10.1. The maximum Gasteiger partial charge on any atom is 0.216 e. The number of aliphatic hydroxyl groups excluding tert-OH is 1. The molecule has 0 aromatic carbocycles. The molecular formula is C16H22N4O2. The van der Waals surface area contributed by atoms with Crippen LogP contribution in [0.3, 0.4) is 0 Å². The molecule has 1 unspecified atom stereocenters. The molecule has 0 saturated carbocycles. The monoisotopic (exact) mass is 302 g/mol. The number of aryl methyl sites for hydroxylation is 2. The van der Waals surface area contributed by atoms with Crippen molar-refractivity contribution in [3.8, 4) is 5.88 Å². The Labute approximate surface area is 130 Å². The molecule has 2 rings (SSSR count). The van der Waals surface area contributed by atoms with E-state index in [0.717, 1.165) is 22.7 Å². The van der Waals surface area contributed by atoms with Crippen molar-refractivity contribution in [2.75, 3.05) is 13.2 Å². The van der Waals surface area contributed by atoms with E-state index in [-0.39, 0.29) is 0 Å². The first-order valence-electron chi connectivity index (χ1n) is 7.18. The Morgan fingerprint density at radius 2 is 2.18 bits per heavy atom. The average Bonchev–Trinajstić information content (AvgIpc) is 2.79. The number of pyridine rings is 1. The molecule has 1 atom stereocenters. The first-order valence-corrected chi connectivity index (χ1v) is 7.18. The Morgan fingerprint density at radius 1 is 1.45 bits per heavy atom. The first-order chi connectivity index (χ1) is 10.6. The minimum atomic E-state index is -0.572. The van der Waals surface area contributed by atoms with Crippen LogP contribution in [-0.4, -0.2) is 33.0 Å². The molecule has 0 spiro atoms. The van der Waals surface area contributed by atoms with Crippen molar-refractivity contribution >= 4 is 0 Å². The van der Waals surface area contributed by atoms with Crippen molar-refractivity contribution in [2.24, 2.45) is 7.05 Å². The maximum atomic E-state index is 10.1. The third-order valence-corrected chi connectivity index (χ3v) is 3.36. The van der Waals surface area contributed by atoms with Gasteiger partial charge in [0.15, 0.2) is 0 Å². The summed E-state index contributed by atoms with van der Waals surface area (Å²) < 4.78 is 7.37. The normalized spacial score (nSPS) is 12.1. The highest BCUT2D eigenvalue weighted by molar-refractivity contribution is 5.31. The van der Waals surface area contributed by atoms with Gasteiger partial charge in [-0.1, -0.05) is 12.7 Å². The molecule has 0 amide bonds. The van der Waals surface area contributed by atoms with E-state index < -0.39 is 6.10 Å². The quantitative estimate of drug-likeness (QED) is 0.723. The molecule has 22 heavy (non-hydrogen) atoms. The van der Waals surface area contributed by atoms with E-state index in [1.54, 1.807) is 35.3 Å². The number of aromatic nitrogens is 3. The Hall–Kier alpha value is -2.18. The molecule has 2 aromatic heterocycles. The fourth-order valence-electron chi connectivity index (χ4n) is 2.24. The van der Waals surface area contributed by atoms with E-state index in [1.807, 2.05) is 14.0 Å². The second-order valence-electron chi connectivity index (χ2n) is 5.02. The van der Waals surface area contributed by atoms with Crippen molar-refractivity contribution in [1.29, 1.82) is 0 Å². The van der Waals surface area contributed by atoms with E-state index in [4.69, 9.17) is 4.74 Å². The first kappa shape index (κ1) is 16.2. The lowest BCUT2D eigenvalue weighted by Gasteiger charge is -2.13. The number of hydrogen-bond donors (Lipinski definition) is 2. The molecule has 0 radical (unpaired) electrons. The van der Waals surface area contributed by atoms with Crippen LogP contribution in [0.1, 0.15) is 22.9 Å². The summed E-state index contributed by atoms with van der Waals surface area (Å²) in [6.07, 6.45) is 4.47. The summed E-state index contributed by atoms with van der Waals surface area (Å²) in [5, 5.41) is 17.7. The number of nitrogens with zero attached hydrogens (tertiary/aromatic N) is 3. The van der Waals surface area contributed by atoms with E-state index in [2.05, 4.69) is 22.0 Å². The van der Waals surface area contributed by atoms with Crippen molar-refractivity contribution < 1.29 is 9.84 Å². The van der Waals surface area contributed by atoms with E-state index in [0.29, 0.717) is 19.7 Å². The van der Waals surface area contributed by atoms with Crippen LogP contribution in [0, 0.1) is 6.92 Å². The molecule has 0 fully saturated rings. The van der Waals surface area contributed by atoms with Crippen LogP contribution in [0.25, 0.3) is 0 Å². The number of hydrogen-bond acceptors (Lipinski definition) is 5. The van der Waals surface area contributed by atoms with Gasteiger partial charge in [-0.05, 0) is 24.6 Å². The van der Waals surface area contributed by atoms with Gasteiger partial charge in [0.1, 0.15) is 6.61 Å². The summed E-state index contributed by atoms with van der Waals surface area (Å²) in [6, 6.07) is 3.61. The largest absolute Gasteiger partial charge is 0.473 e. The zero-order valence-corrected chi connectivity index (χ0v) is 13.0. The molecule has 0 saturated heterocycles. The van der Waals surface area contributed by atoms with Gasteiger partial charge in [0.05, 0.1) is 17.4 Å². The summed E-state index contributed by atoms with van der Waals surface area (Å²) >= 11 is 0. The van der Waals surface area contributed by atoms with Gasteiger partial charge in [-0.15, -0.1) is 0 Å². The second kappa shape index (κ2) is 7.72. The molecule has 118 valence electrons. The van der Waals surface area contributed by atoms with Gasteiger partial charge in [-0.3, -0.25) is 4.98 Å². The fourth-order valence-corrected chi connectivity index (χ4v) is 2.24. The molecule has 0 aliphatic heterocycles. The highest BCUT2D eigenvalue weighted by atomic mass is 16.5. The van der Waals surface area contributed by atoms with E-state index in [1.165, 1.54) is 0 Å². The van der Waals surface area contributed by atoms with Crippen molar-refractivity contribution in [2.45, 2.75) is 19.6 Å². The van der Waals surface area contributed by atoms with Crippen LogP contribution in [0.15, 0.2) is 37.2 Å². The van der Waals surface area contributed by atoms with Gasteiger partial charge in [0.25, 0.3) is 0 Å². The van der Waals surface area contributed by atoms with Crippen molar-refractivity contribution in [3.63, 3.8) is 0 Å². The molecule has 0 bridgehead atoms. The molecular weight excluding hydrogens is 280 g/mol. The Kier molecular flexibility index (Phi) is 5.68. The lowest BCUT2D eigenvalue weighted by Crippen LogP contribution is -2.21. The molecule has 2 aromatic rings. The van der Waals surface area contributed by atoms with Gasteiger partial charge < -0.3 is 15.2 Å². The number of aliphatic hydroxyl groups is 1. The standard InChI is InChI=1S/C16H22N4O2/c1-4-9-22-16-14(12(2)19-20(16)3)10-18-11-15(21)13-5-7-17-8-6-13/h4-8,15,18,21H,1,9-11H2,2-3H3. The van der Waals surface area contributed by atoms with Crippen molar-refractivity contribution in [1.82, 2.24) is 20.1 Å². The molecule has 0 aliphatic rings. The topological polar surface area (TPSA) is 72.2 Å². The molecule has 2 heterocycles. The summed E-state index contributed by atoms with van der Waals surface area (Å²) in [5.74, 6) is 0.725. The van der Waals surface area contributed by atoms with Crippen LogP contribution in [-0.2, 0) is 13.6 Å². The lowest BCUT2D eigenvalue weighted by molar-refractivity contribution is 0.174. The van der Waals surface area contributed by atoms with Crippen molar-refractivity contribution in [3.05, 3.63) is 54.0 Å². The van der Waals surface area contributed by atoms with Gasteiger partial charge >= 0.3 is 0 Å². The van der Waals surface area contributed by atoms with E-state index in [9.17, 15) is 5.11 Å². The molecule has 6 nitrogen and oxygen atoms in total. The van der Waals surface area contributed by atoms with Crippen LogP contribution in [0.5, 0.6) is 5.88 Å². The number of nitrogens with one attached hydrogen (secondary N) is 1.